The molecule has 0 unspecified atom stereocenters. The van der Waals surface area contributed by atoms with E-state index in [1.165, 1.54) is 11.3 Å². The minimum atomic E-state index is -0.133. The number of carbonyl (C=O) groups is 1. The number of morpholine rings is 1. The van der Waals surface area contributed by atoms with Crippen molar-refractivity contribution in [1.82, 2.24) is 20.3 Å². The summed E-state index contributed by atoms with van der Waals surface area (Å²) in [6.45, 7) is 5.54. The van der Waals surface area contributed by atoms with Crippen molar-refractivity contribution in [3.63, 3.8) is 0 Å². The second kappa shape index (κ2) is 8.49. The van der Waals surface area contributed by atoms with Crippen LogP contribution in [0.5, 0.6) is 5.88 Å². The molecule has 0 saturated carbocycles. The van der Waals surface area contributed by atoms with E-state index in [0.717, 1.165) is 29.1 Å². The van der Waals surface area contributed by atoms with E-state index >= 15 is 0 Å². The number of amides is 1. The third-order valence-electron chi connectivity index (χ3n) is 4.37. The number of nitrogens with zero attached hydrogens (tertiary/aromatic N) is 4. The number of hydrogen-bond donors (Lipinski definition) is 1. The second-order valence-electron chi connectivity index (χ2n) is 6.35. The van der Waals surface area contributed by atoms with E-state index in [1.807, 2.05) is 25.1 Å². The van der Waals surface area contributed by atoms with E-state index in [9.17, 15) is 4.79 Å². The maximum atomic E-state index is 12.3. The van der Waals surface area contributed by atoms with Crippen LogP contribution in [0.4, 0.5) is 5.82 Å². The lowest BCUT2D eigenvalue weighted by Crippen LogP contribution is -2.37. The zero-order valence-electron chi connectivity index (χ0n) is 15.6. The Morgan fingerprint density at radius 2 is 2.14 bits per heavy atom. The van der Waals surface area contributed by atoms with Gasteiger partial charge in [-0.05, 0) is 25.1 Å². The molecule has 3 aromatic rings. The highest BCUT2D eigenvalue weighted by molar-refractivity contribution is 7.16. The number of fused-ring (bicyclic) bond motifs is 1. The van der Waals surface area contributed by atoms with Gasteiger partial charge in [0.1, 0.15) is 18.2 Å². The fourth-order valence-electron chi connectivity index (χ4n) is 2.97. The largest absolute Gasteiger partial charge is 0.476 e. The van der Waals surface area contributed by atoms with Crippen molar-refractivity contribution in [3.05, 3.63) is 41.2 Å². The van der Waals surface area contributed by atoms with Crippen molar-refractivity contribution in [2.24, 2.45) is 0 Å². The number of carbonyl (C=O) groups excluding carboxylic acids is 1. The zero-order chi connectivity index (χ0) is 19.3. The summed E-state index contributed by atoms with van der Waals surface area (Å²) < 4.78 is 12.1. The number of ether oxygens (including phenoxy) is 2. The van der Waals surface area contributed by atoms with Crippen LogP contribution in [-0.2, 0) is 4.74 Å². The lowest BCUT2D eigenvalue weighted by molar-refractivity contribution is 0.0946. The van der Waals surface area contributed by atoms with Crippen LogP contribution in [-0.4, -0.2) is 60.3 Å². The molecule has 2 aromatic heterocycles. The van der Waals surface area contributed by atoms with Gasteiger partial charge in [-0.1, -0.05) is 0 Å². The highest BCUT2D eigenvalue weighted by Crippen LogP contribution is 2.20. The van der Waals surface area contributed by atoms with Crippen molar-refractivity contribution in [1.29, 1.82) is 0 Å². The van der Waals surface area contributed by atoms with Crippen molar-refractivity contribution in [3.8, 4) is 5.88 Å². The summed E-state index contributed by atoms with van der Waals surface area (Å²) in [7, 11) is 0. The van der Waals surface area contributed by atoms with Gasteiger partial charge in [-0.25, -0.2) is 9.97 Å². The number of aromatic nitrogens is 3. The number of hydrogen-bond acceptors (Lipinski definition) is 8. The molecule has 8 nitrogen and oxygen atoms in total. The van der Waals surface area contributed by atoms with E-state index in [4.69, 9.17) is 9.47 Å². The molecule has 4 rings (SSSR count). The molecule has 1 N–H and O–H groups in total. The number of thiazole rings is 1. The van der Waals surface area contributed by atoms with E-state index in [2.05, 4.69) is 25.2 Å². The molecule has 0 spiro atoms. The van der Waals surface area contributed by atoms with Gasteiger partial charge in [-0.2, -0.15) is 4.98 Å². The highest BCUT2D eigenvalue weighted by Gasteiger charge is 2.14. The van der Waals surface area contributed by atoms with Gasteiger partial charge in [-0.15, -0.1) is 11.3 Å². The van der Waals surface area contributed by atoms with Gasteiger partial charge in [0, 0.05) is 24.7 Å². The van der Waals surface area contributed by atoms with Gasteiger partial charge >= 0.3 is 0 Å². The summed E-state index contributed by atoms with van der Waals surface area (Å²) in [6, 6.07) is 7.32. The monoisotopic (exact) mass is 399 g/mol. The van der Waals surface area contributed by atoms with Crippen molar-refractivity contribution in [2.75, 3.05) is 44.4 Å². The highest BCUT2D eigenvalue weighted by atomic mass is 32.1. The Morgan fingerprint density at radius 3 is 3.00 bits per heavy atom. The normalized spacial score (nSPS) is 14.2. The van der Waals surface area contributed by atoms with Crippen LogP contribution < -0.4 is 15.0 Å². The summed E-state index contributed by atoms with van der Waals surface area (Å²) in [6.07, 6.45) is 0. The molecule has 28 heavy (non-hydrogen) atoms. The average molecular weight is 399 g/mol. The summed E-state index contributed by atoms with van der Waals surface area (Å²) in [5.74, 6) is 1.87. The number of nitrogens with one attached hydrogen (secondary N) is 1. The lowest BCUT2D eigenvalue weighted by Gasteiger charge is -2.28. The van der Waals surface area contributed by atoms with Crippen LogP contribution in [0.2, 0.25) is 0 Å². The van der Waals surface area contributed by atoms with E-state index < -0.39 is 0 Å². The SMILES string of the molecule is Cc1nc(OCCNC(=O)c2ccc3ncsc3c2)cc(N2CCOCC2)n1. The van der Waals surface area contributed by atoms with E-state index in [0.29, 0.717) is 43.6 Å². The molecular weight excluding hydrogens is 378 g/mol. The molecule has 9 heteroatoms. The predicted octanol–water partition coefficient (Wildman–Crippen LogP) is 2.04. The molecule has 0 bridgehead atoms. The third kappa shape index (κ3) is 4.37. The van der Waals surface area contributed by atoms with Crippen LogP contribution in [0, 0.1) is 6.92 Å². The first-order chi connectivity index (χ1) is 13.7. The fourth-order valence-corrected chi connectivity index (χ4v) is 3.69. The number of aryl methyl sites for hydroxylation is 1. The summed E-state index contributed by atoms with van der Waals surface area (Å²) in [5, 5.41) is 2.87. The molecule has 3 heterocycles. The third-order valence-corrected chi connectivity index (χ3v) is 5.16. The Kier molecular flexibility index (Phi) is 5.63. The van der Waals surface area contributed by atoms with Gasteiger partial charge < -0.3 is 19.7 Å². The molecule has 1 aromatic carbocycles. The molecule has 146 valence electrons. The minimum Gasteiger partial charge on any atom is -0.476 e. The maximum Gasteiger partial charge on any atom is 0.251 e. The topological polar surface area (TPSA) is 89.5 Å². The lowest BCUT2D eigenvalue weighted by atomic mass is 10.2. The van der Waals surface area contributed by atoms with Crippen molar-refractivity contribution < 1.29 is 14.3 Å². The summed E-state index contributed by atoms with van der Waals surface area (Å²) in [4.78, 5) is 27.5. The maximum absolute atomic E-state index is 12.3. The quantitative estimate of drug-likeness (QED) is 0.635. The Bertz CT molecular complexity index is 971. The Morgan fingerprint density at radius 1 is 1.29 bits per heavy atom. The Hall–Kier alpha value is -2.78. The average Bonchev–Trinajstić information content (AvgIpc) is 3.19. The number of anilines is 1. The van der Waals surface area contributed by atoms with Crippen molar-refractivity contribution >= 4 is 33.3 Å². The summed E-state index contributed by atoms with van der Waals surface area (Å²) >= 11 is 1.52. The van der Waals surface area contributed by atoms with Gasteiger partial charge in [-0.3, -0.25) is 4.79 Å². The molecule has 1 aliphatic rings. The first-order valence-corrected chi connectivity index (χ1v) is 9.99. The van der Waals surface area contributed by atoms with E-state index in [-0.39, 0.29) is 5.91 Å². The molecule has 0 atom stereocenters. The van der Waals surface area contributed by atoms with Gasteiger partial charge in [0.05, 0.1) is 35.5 Å². The fraction of sp³-hybridized carbons (Fsp3) is 0.368. The van der Waals surface area contributed by atoms with Crippen molar-refractivity contribution in [2.45, 2.75) is 6.92 Å². The number of benzene rings is 1. The number of rotatable bonds is 6. The second-order valence-corrected chi connectivity index (χ2v) is 7.24. The van der Waals surface area contributed by atoms with Crippen LogP contribution in [0.3, 0.4) is 0 Å². The Balaban J connectivity index is 1.31. The zero-order valence-corrected chi connectivity index (χ0v) is 16.4. The van der Waals surface area contributed by atoms with Crippen LogP contribution in [0.25, 0.3) is 10.2 Å². The molecule has 1 amide bonds. The van der Waals surface area contributed by atoms with Crippen LogP contribution in [0.15, 0.2) is 29.8 Å². The minimum absolute atomic E-state index is 0.133. The van der Waals surface area contributed by atoms with Gasteiger partial charge in [0.25, 0.3) is 5.91 Å². The predicted molar refractivity (Wildman–Crippen MR) is 107 cm³/mol. The molecule has 1 saturated heterocycles. The summed E-state index contributed by atoms with van der Waals surface area (Å²) in [5.41, 5.74) is 3.29. The standard InChI is InChI=1S/C19H21N5O3S/c1-13-22-17(24-5-8-26-9-6-24)11-18(23-13)27-7-4-20-19(25)14-2-3-15-16(10-14)28-12-21-15/h2-3,10-12H,4-9H2,1H3,(H,20,25). The first kappa shape index (κ1) is 18.6. The van der Waals surface area contributed by atoms with Gasteiger partial charge in [0.2, 0.25) is 5.88 Å². The Labute approximate surface area is 166 Å². The van der Waals surface area contributed by atoms with E-state index in [1.54, 1.807) is 11.6 Å². The molecular formula is C19H21N5O3S. The van der Waals surface area contributed by atoms with Crippen LogP contribution >= 0.6 is 11.3 Å². The van der Waals surface area contributed by atoms with Crippen LogP contribution in [0.1, 0.15) is 16.2 Å². The molecule has 0 aliphatic carbocycles. The molecule has 0 radical (unpaired) electrons. The molecule has 1 aliphatic heterocycles. The smallest absolute Gasteiger partial charge is 0.251 e. The molecule has 1 fully saturated rings. The first-order valence-electron chi connectivity index (χ1n) is 9.12. The van der Waals surface area contributed by atoms with Gasteiger partial charge in [0.15, 0.2) is 0 Å².